The normalized spacial score (nSPS) is 23.8. The number of halogens is 2. The van der Waals surface area contributed by atoms with E-state index in [0.29, 0.717) is 5.56 Å². The molecule has 9 nitrogen and oxygen atoms in total. The van der Waals surface area contributed by atoms with E-state index in [1.54, 1.807) is 37.3 Å². The van der Waals surface area contributed by atoms with Gasteiger partial charge in [-0.2, -0.15) is 13.5 Å². The van der Waals surface area contributed by atoms with Crippen molar-refractivity contribution in [1.29, 1.82) is 0 Å². The quantitative estimate of drug-likeness (QED) is 0.698. The molecule has 11 heteroatoms. The highest BCUT2D eigenvalue weighted by Crippen LogP contribution is 2.44. The summed E-state index contributed by atoms with van der Waals surface area (Å²) in [5, 5.41) is 19.9. The van der Waals surface area contributed by atoms with Crippen LogP contribution in [0.15, 0.2) is 36.7 Å². The summed E-state index contributed by atoms with van der Waals surface area (Å²) in [5.74, 6) is -4.00. The number of anilines is 1. The predicted octanol–water partition coefficient (Wildman–Crippen LogP) is 1.78. The Balaban J connectivity index is 1.69. The Labute approximate surface area is 157 Å². The van der Waals surface area contributed by atoms with E-state index >= 15 is 0 Å². The van der Waals surface area contributed by atoms with Gasteiger partial charge in [0.1, 0.15) is 12.4 Å². The first-order chi connectivity index (χ1) is 13.4. The van der Waals surface area contributed by atoms with Crippen molar-refractivity contribution in [3.05, 3.63) is 42.2 Å². The molecule has 2 N–H and O–H groups in total. The number of fused-ring (bicyclic) bond motifs is 1. The van der Waals surface area contributed by atoms with Crippen molar-refractivity contribution >= 4 is 22.9 Å². The van der Waals surface area contributed by atoms with Crippen molar-refractivity contribution in [1.82, 2.24) is 25.0 Å². The molecule has 1 saturated heterocycles. The molecular weight excluding hydrogens is 374 g/mol. The van der Waals surface area contributed by atoms with E-state index in [1.807, 2.05) is 0 Å². The van der Waals surface area contributed by atoms with Gasteiger partial charge in [0.2, 0.25) is 6.23 Å². The molecule has 28 heavy (non-hydrogen) atoms. The number of rotatable bonds is 4. The summed E-state index contributed by atoms with van der Waals surface area (Å²) >= 11 is 0. The average Bonchev–Trinajstić information content (AvgIpc) is 3.22. The molecule has 0 bridgehead atoms. The van der Waals surface area contributed by atoms with Crippen molar-refractivity contribution in [2.75, 3.05) is 5.32 Å². The summed E-state index contributed by atoms with van der Waals surface area (Å²) in [6.07, 6.45) is -3.58. The highest BCUT2D eigenvalue weighted by Gasteiger charge is 2.59. The first kappa shape index (κ1) is 18.3. The van der Waals surface area contributed by atoms with Gasteiger partial charge in [0.05, 0.1) is 6.10 Å². The van der Waals surface area contributed by atoms with Crippen LogP contribution in [0.3, 0.4) is 0 Å². The fourth-order valence-corrected chi connectivity index (χ4v) is 3.05. The van der Waals surface area contributed by atoms with Crippen LogP contribution in [0.5, 0.6) is 0 Å². The molecule has 0 saturated carbocycles. The summed E-state index contributed by atoms with van der Waals surface area (Å²) in [6.45, 7) is 1.63. The van der Waals surface area contributed by atoms with Crippen LogP contribution in [-0.4, -0.2) is 54.1 Å². The van der Waals surface area contributed by atoms with Crippen molar-refractivity contribution in [3.8, 4) is 0 Å². The predicted molar refractivity (Wildman–Crippen MR) is 92.7 cm³/mol. The van der Waals surface area contributed by atoms with Crippen LogP contribution in [0.25, 0.3) is 11.2 Å². The minimum absolute atomic E-state index is 0.0269. The van der Waals surface area contributed by atoms with E-state index in [-0.39, 0.29) is 23.4 Å². The highest BCUT2D eigenvalue weighted by molar-refractivity contribution is 6.06. The summed E-state index contributed by atoms with van der Waals surface area (Å²) < 4.78 is 35.1. The lowest BCUT2D eigenvalue weighted by Crippen LogP contribution is -2.38. The molecule has 0 spiro atoms. The third-order valence-corrected chi connectivity index (χ3v) is 4.53. The molecule has 0 aliphatic carbocycles. The third kappa shape index (κ3) is 2.88. The van der Waals surface area contributed by atoms with E-state index in [4.69, 9.17) is 4.74 Å². The van der Waals surface area contributed by atoms with Crippen LogP contribution in [0.1, 0.15) is 29.9 Å². The van der Waals surface area contributed by atoms with Gasteiger partial charge in [-0.15, -0.1) is 5.10 Å². The van der Waals surface area contributed by atoms with Crippen LogP contribution >= 0.6 is 0 Å². The second-order valence-electron chi connectivity index (χ2n) is 6.30. The number of aliphatic hydroxyl groups excluding tert-OH is 1. The van der Waals surface area contributed by atoms with E-state index < -0.39 is 30.3 Å². The Kier molecular flexibility index (Phi) is 4.47. The molecule has 1 amide bonds. The van der Waals surface area contributed by atoms with Gasteiger partial charge in [0.25, 0.3) is 5.91 Å². The lowest BCUT2D eigenvalue weighted by molar-refractivity contribution is -0.142. The molecule has 1 aromatic carbocycles. The van der Waals surface area contributed by atoms with Gasteiger partial charge in [-0.3, -0.25) is 4.79 Å². The van der Waals surface area contributed by atoms with E-state index in [2.05, 4.69) is 25.6 Å². The Morgan fingerprint density at radius 3 is 2.75 bits per heavy atom. The number of aliphatic hydroxyl groups is 1. The number of nitrogens with one attached hydrogen (secondary N) is 1. The van der Waals surface area contributed by atoms with E-state index in [1.165, 1.54) is 0 Å². The number of ether oxygens (including phenoxy) is 1. The molecule has 146 valence electrons. The van der Waals surface area contributed by atoms with Crippen LogP contribution in [0, 0.1) is 0 Å². The Bertz CT molecular complexity index is 1010. The Morgan fingerprint density at radius 2 is 2.07 bits per heavy atom. The van der Waals surface area contributed by atoms with Crippen molar-refractivity contribution in [2.45, 2.75) is 37.7 Å². The molecule has 2 aromatic heterocycles. The number of carbonyl (C=O) groups excluding carboxylic acids is 1. The number of nitrogens with zero attached hydrogens (tertiary/aromatic N) is 5. The zero-order chi connectivity index (χ0) is 19.9. The third-order valence-electron chi connectivity index (χ3n) is 4.53. The molecule has 3 aromatic rings. The van der Waals surface area contributed by atoms with Gasteiger partial charge >= 0.3 is 5.92 Å². The second kappa shape index (κ2) is 6.84. The van der Waals surface area contributed by atoms with Crippen molar-refractivity contribution in [2.24, 2.45) is 0 Å². The van der Waals surface area contributed by atoms with Crippen LogP contribution < -0.4 is 5.32 Å². The van der Waals surface area contributed by atoms with Gasteiger partial charge in [0.15, 0.2) is 17.0 Å². The maximum atomic E-state index is 14.5. The van der Waals surface area contributed by atoms with Crippen molar-refractivity contribution < 1.29 is 23.4 Å². The van der Waals surface area contributed by atoms with Gasteiger partial charge in [-0.05, 0) is 18.6 Å². The zero-order valence-corrected chi connectivity index (χ0v) is 14.7. The second-order valence-corrected chi connectivity index (χ2v) is 6.30. The fraction of sp³-hybridized carbons (Fsp3) is 0.353. The summed E-state index contributed by atoms with van der Waals surface area (Å²) in [7, 11) is 0. The summed E-state index contributed by atoms with van der Waals surface area (Å²) in [5.41, 5.74) is 0.369. The Hall–Kier alpha value is -3.05. The van der Waals surface area contributed by atoms with Gasteiger partial charge in [-0.1, -0.05) is 30.3 Å². The van der Waals surface area contributed by atoms with E-state index in [0.717, 1.165) is 11.0 Å². The fourth-order valence-electron chi connectivity index (χ4n) is 3.05. The maximum Gasteiger partial charge on any atom is 0.321 e. The molecule has 0 radical (unpaired) electrons. The number of benzene rings is 1. The molecule has 3 heterocycles. The zero-order valence-electron chi connectivity index (χ0n) is 14.7. The Morgan fingerprint density at radius 1 is 1.32 bits per heavy atom. The van der Waals surface area contributed by atoms with Crippen LogP contribution in [0.2, 0.25) is 0 Å². The summed E-state index contributed by atoms with van der Waals surface area (Å²) in [4.78, 5) is 20.3. The monoisotopic (exact) mass is 390 g/mol. The topological polar surface area (TPSA) is 115 Å². The standard InChI is InChI=1S/C17H16F2N6O3/c1-2-10-12(26)17(18,19)16(28-10)25-14-11(23-24-25)13(20-8-21-14)22-15(27)9-6-4-3-5-7-9/h3-8,10,12,16,26H,2H2,1H3,(H,20,21,22,27)/t10-,12-,16-/m1/s1. The lowest BCUT2D eigenvalue weighted by atomic mass is 10.1. The van der Waals surface area contributed by atoms with Gasteiger partial charge < -0.3 is 15.2 Å². The molecular formula is C17H16F2N6O3. The molecule has 1 fully saturated rings. The molecule has 4 rings (SSSR count). The largest absolute Gasteiger partial charge is 0.384 e. The first-order valence-corrected chi connectivity index (χ1v) is 8.57. The van der Waals surface area contributed by atoms with Gasteiger partial charge in [0, 0.05) is 5.56 Å². The number of amides is 1. The van der Waals surface area contributed by atoms with Crippen LogP contribution in [0.4, 0.5) is 14.6 Å². The molecule has 1 aliphatic heterocycles. The van der Waals surface area contributed by atoms with Crippen LogP contribution in [-0.2, 0) is 4.74 Å². The number of aromatic nitrogens is 5. The van der Waals surface area contributed by atoms with Crippen molar-refractivity contribution in [3.63, 3.8) is 0 Å². The average molecular weight is 390 g/mol. The SMILES string of the molecule is CC[C@H]1O[C@@H](n2nnc3c(NC(=O)c4ccccc4)ncnc32)C(F)(F)[C@@H]1O. The number of hydrogen-bond acceptors (Lipinski definition) is 7. The lowest BCUT2D eigenvalue weighted by Gasteiger charge is -2.19. The number of hydrogen-bond donors (Lipinski definition) is 2. The molecule has 1 aliphatic rings. The minimum atomic E-state index is -3.58. The maximum absolute atomic E-state index is 14.5. The molecule has 3 atom stereocenters. The minimum Gasteiger partial charge on any atom is -0.384 e. The molecule has 0 unspecified atom stereocenters. The van der Waals surface area contributed by atoms with E-state index in [9.17, 15) is 18.7 Å². The van der Waals surface area contributed by atoms with Gasteiger partial charge in [-0.25, -0.2) is 9.97 Å². The number of carbonyl (C=O) groups is 1. The highest BCUT2D eigenvalue weighted by atomic mass is 19.3. The summed E-state index contributed by atoms with van der Waals surface area (Å²) in [6, 6.07) is 8.41. The number of alkyl halides is 2. The first-order valence-electron chi connectivity index (χ1n) is 8.57. The smallest absolute Gasteiger partial charge is 0.321 e.